The molecule has 0 heterocycles. The Morgan fingerprint density at radius 2 is 1.19 bits per heavy atom. The van der Waals surface area contributed by atoms with Gasteiger partial charge in [-0.05, 0) is 32.1 Å². The summed E-state index contributed by atoms with van der Waals surface area (Å²) in [5.41, 5.74) is 0. The second-order valence-corrected chi connectivity index (χ2v) is 5.73. The predicted molar refractivity (Wildman–Crippen MR) is 94.2 cm³/mol. The third-order valence-electron chi connectivity index (χ3n) is 3.65. The van der Waals surface area contributed by atoms with E-state index >= 15 is 0 Å². The van der Waals surface area contributed by atoms with Gasteiger partial charge in [-0.25, -0.2) is 0 Å². The minimum atomic E-state index is -0.664. The van der Waals surface area contributed by atoms with E-state index in [-0.39, 0.29) is 29.6 Å². The molecule has 1 N–H and O–H groups in total. The van der Waals surface area contributed by atoms with Gasteiger partial charge in [-0.15, -0.1) is 0 Å². The number of carboxylic acids is 1. The number of aliphatic carboxylic acids is 1. The van der Waals surface area contributed by atoms with Gasteiger partial charge in [0, 0.05) is 6.42 Å². The van der Waals surface area contributed by atoms with Crippen LogP contribution in [-0.4, -0.2) is 40.6 Å². The molecule has 0 bridgehead atoms. The topological polar surface area (TPSA) is 37.3 Å². The zero-order valence-corrected chi connectivity index (χ0v) is 13.4. The van der Waals surface area contributed by atoms with Crippen LogP contribution in [-0.2, 0) is 4.79 Å². The SMILES string of the molecule is CCCCCCCC/C=C\CCCCCCCC(=O)O.[NaH]. The van der Waals surface area contributed by atoms with E-state index in [1.54, 1.807) is 0 Å². The zero-order valence-electron chi connectivity index (χ0n) is 13.4. The first-order valence-electron chi connectivity index (χ1n) is 8.64. The second kappa shape index (κ2) is 20.2. The summed E-state index contributed by atoms with van der Waals surface area (Å²) in [6.45, 7) is 2.26. The number of carboxylic acid groups (broad SMARTS) is 1. The second-order valence-electron chi connectivity index (χ2n) is 5.73. The van der Waals surface area contributed by atoms with E-state index in [0.29, 0.717) is 6.42 Å². The van der Waals surface area contributed by atoms with Crippen molar-refractivity contribution in [2.45, 2.75) is 96.8 Å². The van der Waals surface area contributed by atoms with E-state index in [4.69, 9.17) is 5.11 Å². The van der Waals surface area contributed by atoms with Crippen molar-refractivity contribution in [3.63, 3.8) is 0 Å². The molecule has 0 aliphatic heterocycles. The van der Waals surface area contributed by atoms with Crippen molar-refractivity contribution in [3.8, 4) is 0 Å². The molecule has 0 atom stereocenters. The molecule has 0 saturated heterocycles. The first-order chi connectivity index (χ1) is 9.77. The van der Waals surface area contributed by atoms with Crippen molar-refractivity contribution < 1.29 is 9.90 Å². The van der Waals surface area contributed by atoms with E-state index in [1.807, 2.05) is 0 Å². The van der Waals surface area contributed by atoms with Crippen LogP contribution >= 0.6 is 0 Å². The van der Waals surface area contributed by atoms with Gasteiger partial charge in [0.25, 0.3) is 0 Å². The molecule has 0 rings (SSSR count). The summed E-state index contributed by atoms with van der Waals surface area (Å²) < 4.78 is 0. The van der Waals surface area contributed by atoms with E-state index in [0.717, 1.165) is 12.8 Å². The molecule has 0 aromatic rings. The Morgan fingerprint density at radius 1 is 0.762 bits per heavy atom. The van der Waals surface area contributed by atoms with Crippen LogP contribution in [0.15, 0.2) is 12.2 Å². The maximum atomic E-state index is 10.3. The van der Waals surface area contributed by atoms with Crippen LogP contribution in [0.4, 0.5) is 0 Å². The predicted octanol–water partition coefficient (Wildman–Crippen LogP) is 5.46. The van der Waals surface area contributed by atoms with Gasteiger partial charge < -0.3 is 5.11 Å². The first-order valence-corrected chi connectivity index (χ1v) is 8.64. The Kier molecular flexibility index (Phi) is 22.6. The molecule has 0 aromatic heterocycles. The van der Waals surface area contributed by atoms with Gasteiger partial charge in [-0.2, -0.15) is 0 Å². The summed E-state index contributed by atoms with van der Waals surface area (Å²) in [4.78, 5) is 10.3. The first kappa shape index (κ1) is 23.5. The molecule has 0 unspecified atom stereocenters. The summed E-state index contributed by atoms with van der Waals surface area (Å²) in [7, 11) is 0. The fraction of sp³-hybridized carbons (Fsp3) is 0.833. The van der Waals surface area contributed by atoms with Crippen LogP contribution < -0.4 is 0 Å². The monoisotopic (exact) mass is 306 g/mol. The van der Waals surface area contributed by atoms with Crippen molar-refractivity contribution in [1.29, 1.82) is 0 Å². The number of unbranched alkanes of at least 4 members (excludes halogenated alkanes) is 11. The molecule has 0 aromatic carbocycles. The summed E-state index contributed by atoms with van der Waals surface area (Å²) in [5, 5.41) is 8.51. The third kappa shape index (κ3) is 22.6. The van der Waals surface area contributed by atoms with Crippen molar-refractivity contribution in [3.05, 3.63) is 12.2 Å². The number of carbonyl (C=O) groups is 1. The molecule has 0 spiro atoms. The number of allylic oxidation sites excluding steroid dienone is 2. The average Bonchev–Trinajstić information content (AvgIpc) is 2.43. The van der Waals surface area contributed by atoms with Crippen molar-refractivity contribution >= 4 is 35.5 Å². The van der Waals surface area contributed by atoms with Crippen LogP contribution in [0, 0.1) is 0 Å². The third-order valence-corrected chi connectivity index (χ3v) is 3.65. The Balaban J connectivity index is 0. The van der Waals surface area contributed by atoms with Crippen LogP contribution in [0.2, 0.25) is 0 Å². The molecule has 0 radical (unpaired) electrons. The minimum absolute atomic E-state index is 0. The quantitative estimate of drug-likeness (QED) is 0.248. The van der Waals surface area contributed by atoms with Crippen LogP contribution in [0.3, 0.4) is 0 Å². The van der Waals surface area contributed by atoms with E-state index in [1.165, 1.54) is 70.6 Å². The summed E-state index contributed by atoms with van der Waals surface area (Å²) in [5.74, 6) is -0.664. The summed E-state index contributed by atoms with van der Waals surface area (Å²) in [6, 6.07) is 0. The average molecular weight is 306 g/mol. The Hall–Kier alpha value is 0.210. The van der Waals surface area contributed by atoms with Gasteiger partial charge >= 0.3 is 35.5 Å². The fourth-order valence-corrected chi connectivity index (χ4v) is 2.35. The Labute approximate surface area is 154 Å². The maximum absolute atomic E-state index is 10.3. The van der Waals surface area contributed by atoms with Gasteiger partial charge in [-0.1, -0.05) is 70.4 Å². The zero-order chi connectivity index (χ0) is 14.9. The van der Waals surface area contributed by atoms with Gasteiger partial charge in [0.15, 0.2) is 0 Å². The molecular formula is C18H35NaO2. The fourth-order valence-electron chi connectivity index (χ4n) is 2.35. The molecule has 0 amide bonds. The van der Waals surface area contributed by atoms with Gasteiger partial charge in [0.1, 0.15) is 0 Å². The molecule has 0 fully saturated rings. The normalized spacial score (nSPS) is 10.7. The Bertz CT molecular complexity index is 239. The molecule has 21 heavy (non-hydrogen) atoms. The summed E-state index contributed by atoms with van der Waals surface area (Å²) >= 11 is 0. The number of rotatable bonds is 15. The standard InChI is InChI=1S/C18H34O2.Na.H/c1-2-3-4-5-6-7-8-9-10-11-12-13-14-15-16-17-18(19)20;;/h9-10H,2-8,11-17H2,1H3,(H,19,20);;/b10-9-;;. The number of hydrogen-bond acceptors (Lipinski definition) is 1. The molecular weight excluding hydrogens is 271 g/mol. The van der Waals surface area contributed by atoms with Crippen molar-refractivity contribution in [1.82, 2.24) is 0 Å². The van der Waals surface area contributed by atoms with Crippen molar-refractivity contribution in [2.75, 3.05) is 0 Å². The van der Waals surface area contributed by atoms with Gasteiger partial charge in [-0.3, -0.25) is 4.79 Å². The molecule has 0 saturated carbocycles. The van der Waals surface area contributed by atoms with Gasteiger partial charge in [0.05, 0.1) is 0 Å². The van der Waals surface area contributed by atoms with Crippen molar-refractivity contribution in [2.24, 2.45) is 0 Å². The van der Waals surface area contributed by atoms with Crippen LogP contribution in [0.1, 0.15) is 96.8 Å². The molecule has 3 heteroatoms. The Morgan fingerprint density at radius 3 is 1.67 bits per heavy atom. The van der Waals surface area contributed by atoms with Crippen LogP contribution in [0.25, 0.3) is 0 Å². The summed E-state index contributed by atoms with van der Waals surface area (Å²) in [6.07, 6.45) is 21.2. The van der Waals surface area contributed by atoms with E-state index in [2.05, 4.69) is 19.1 Å². The molecule has 0 aliphatic rings. The van der Waals surface area contributed by atoms with Crippen LogP contribution in [0.5, 0.6) is 0 Å². The molecule has 2 nitrogen and oxygen atoms in total. The van der Waals surface area contributed by atoms with E-state index < -0.39 is 5.97 Å². The van der Waals surface area contributed by atoms with Gasteiger partial charge in [0.2, 0.25) is 0 Å². The molecule has 120 valence electrons. The molecule has 0 aliphatic carbocycles. The number of hydrogen-bond donors (Lipinski definition) is 1. The van der Waals surface area contributed by atoms with E-state index in [9.17, 15) is 4.79 Å².